The number of nitrogens with zero attached hydrogens (tertiary/aromatic N) is 11. The zero-order chi connectivity index (χ0) is 51.9. The minimum Gasteiger partial charge on any atom is -0.495 e. The number of hydrogen-bond acceptors (Lipinski definition) is 25. The van der Waals surface area contributed by atoms with Gasteiger partial charge in [-0.1, -0.05) is 34.4 Å². The molecule has 4 aromatic carbocycles. The number of thiazole rings is 2. The van der Waals surface area contributed by atoms with Crippen molar-refractivity contribution in [2.24, 2.45) is 20.5 Å². The summed E-state index contributed by atoms with van der Waals surface area (Å²) in [6.45, 7) is 10.3. The third-order valence-electron chi connectivity index (χ3n) is 10.6. The van der Waals surface area contributed by atoms with E-state index in [9.17, 15) is 31.0 Å². The van der Waals surface area contributed by atoms with Gasteiger partial charge >= 0.3 is 0 Å². The van der Waals surface area contributed by atoms with E-state index in [1.807, 2.05) is 27.7 Å². The summed E-state index contributed by atoms with van der Waals surface area (Å²) in [5.41, 5.74) is 3.11. The van der Waals surface area contributed by atoms with Crippen LogP contribution in [0.15, 0.2) is 83.9 Å². The highest BCUT2D eigenvalue weighted by Gasteiger charge is 2.26. The fourth-order valence-electron chi connectivity index (χ4n) is 7.31. The lowest BCUT2D eigenvalue weighted by Gasteiger charge is -2.25. The molecule has 0 saturated heterocycles. The van der Waals surface area contributed by atoms with E-state index in [2.05, 4.69) is 60.8 Å². The van der Waals surface area contributed by atoms with Gasteiger partial charge in [-0.25, -0.2) is 9.97 Å². The Kier molecular flexibility index (Phi) is 16.9. The summed E-state index contributed by atoms with van der Waals surface area (Å²) < 4.78 is 92.1. The van der Waals surface area contributed by atoms with E-state index >= 15 is 0 Å². The SMILES string of the molecule is CCN(CC)c1cc(Nc2nc(Nc3cc(N(CC)CC)c(OC)cc3N=Nc3nc4ccc(OC)c(S(=O)(=O)O)c4s3)nc(SCCO)n2)c(N=Nc2nc3ccc(OC)c(S(=O)(=O)O)c3s2)cc1OC. The predicted octanol–water partition coefficient (Wildman–Crippen LogP) is 9.71. The Labute approximate surface area is 426 Å². The number of aromatic nitrogens is 5. The maximum absolute atomic E-state index is 12.4. The molecule has 0 bridgehead atoms. The number of benzene rings is 4. The molecule has 0 radical (unpaired) electrons. The van der Waals surface area contributed by atoms with E-state index in [-0.39, 0.29) is 83.0 Å². The Hall–Kier alpha value is -6.60. The Bertz CT molecular complexity index is 3190. The Balaban J connectivity index is 1.34. The number of ether oxygens (including phenoxy) is 4. The number of azo groups is 2. The van der Waals surface area contributed by atoms with Crippen molar-refractivity contribution in [2.75, 3.05) is 87.4 Å². The summed E-state index contributed by atoms with van der Waals surface area (Å²) in [6.07, 6.45) is 0. The second-order valence-corrected chi connectivity index (χ2v) is 20.5. The van der Waals surface area contributed by atoms with Crippen LogP contribution in [-0.2, 0) is 20.2 Å². The summed E-state index contributed by atoms with van der Waals surface area (Å²) in [5.74, 6) is 1.14. The molecule has 0 unspecified atom stereocenters. The lowest BCUT2D eigenvalue weighted by Crippen LogP contribution is -2.22. The van der Waals surface area contributed by atoms with Crippen molar-refractivity contribution in [1.29, 1.82) is 0 Å². The first-order valence-electron chi connectivity index (χ1n) is 21.7. The number of aliphatic hydroxyl groups excluding tert-OH is 1. The zero-order valence-electron chi connectivity index (χ0n) is 39.9. The van der Waals surface area contributed by atoms with E-state index in [4.69, 9.17) is 23.9 Å². The van der Waals surface area contributed by atoms with Crippen molar-refractivity contribution in [3.8, 4) is 23.0 Å². The summed E-state index contributed by atoms with van der Waals surface area (Å²) in [5, 5.41) is 34.6. The third-order valence-corrected chi connectivity index (χ3v) is 15.5. The molecule has 72 heavy (non-hydrogen) atoms. The molecule has 24 nitrogen and oxygen atoms in total. The molecule has 7 aromatic rings. The van der Waals surface area contributed by atoms with Crippen LogP contribution in [0.4, 0.5) is 56.3 Å². The minimum atomic E-state index is -4.71. The van der Waals surface area contributed by atoms with Crippen molar-refractivity contribution >= 4 is 131 Å². The van der Waals surface area contributed by atoms with Crippen LogP contribution >= 0.6 is 34.4 Å². The van der Waals surface area contributed by atoms with Gasteiger partial charge in [0.15, 0.2) is 14.9 Å². The third kappa shape index (κ3) is 11.7. The molecule has 0 amide bonds. The average Bonchev–Trinajstić information content (AvgIpc) is 3.98. The van der Waals surface area contributed by atoms with Crippen molar-refractivity contribution < 1.29 is 50.0 Å². The van der Waals surface area contributed by atoms with Crippen LogP contribution < -0.4 is 39.4 Å². The van der Waals surface area contributed by atoms with Crippen molar-refractivity contribution in [2.45, 2.75) is 42.6 Å². The number of hydrogen-bond donors (Lipinski definition) is 5. The standard InChI is InChI=1S/C43H49N13O11S5/c1-9-55(10-2)29-19-25(27(21-33(29)66-7)51-53-42-46-23-13-15-31(64-5)37(35(23)69-42)71(58,59)60)44-39-48-40(50-41(49-39)68-18-17-57)45-26-20-30(56(11-3)12-4)34(67-8)22-28(26)52-54-43-47-24-14-16-32(65-6)38(36(24)70-43)72(61,62)63/h13-16,19-22,57H,9-12,17-18H2,1-8H3,(H,58,59,60)(H,61,62,63)(H2,44,45,48,49,50). The van der Waals surface area contributed by atoms with Crippen molar-refractivity contribution in [1.82, 2.24) is 24.9 Å². The topological polar surface area (TPSA) is 310 Å². The Morgan fingerprint density at radius 3 is 1.33 bits per heavy atom. The van der Waals surface area contributed by atoms with Gasteiger partial charge in [0, 0.05) is 44.1 Å². The minimum absolute atomic E-state index is 0.0464. The van der Waals surface area contributed by atoms with Gasteiger partial charge in [-0.05, 0) is 64.1 Å². The van der Waals surface area contributed by atoms with Gasteiger partial charge in [-0.2, -0.15) is 31.8 Å². The first-order chi connectivity index (χ1) is 34.5. The maximum atomic E-state index is 12.4. The summed E-state index contributed by atoms with van der Waals surface area (Å²) in [4.78, 5) is 26.2. The van der Waals surface area contributed by atoms with E-state index < -0.39 is 30.0 Å². The number of aliphatic hydroxyl groups is 1. The normalized spacial score (nSPS) is 12.0. The van der Waals surface area contributed by atoms with E-state index in [0.29, 0.717) is 60.4 Å². The van der Waals surface area contributed by atoms with Gasteiger partial charge in [0.1, 0.15) is 34.4 Å². The highest BCUT2D eigenvalue weighted by Crippen LogP contribution is 2.45. The van der Waals surface area contributed by atoms with Crippen LogP contribution in [-0.4, -0.2) is 123 Å². The Morgan fingerprint density at radius 1 is 0.583 bits per heavy atom. The first-order valence-corrected chi connectivity index (χ1v) is 27.2. The number of fused-ring (bicyclic) bond motifs is 2. The summed E-state index contributed by atoms with van der Waals surface area (Å²) in [7, 11) is -3.81. The second kappa shape index (κ2) is 22.9. The highest BCUT2D eigenvalue weighted by molar-refractivity contribution is 7.99. The van der Waals surface area contributed by atoms with Gasteiger partial charge in [0.25, 0.3) is 20.2 Å². The van der Waals surface area contributed by atoms with Crippen LogP contribution in [0.5, 0.6) is 23.0 Å². The molecule has 0 atom stereocenters. The van der Waals surface area contributed by atoms with Gasteiger partial charge in [0.05, 0.1) is 78.2 Å². The van der Waals surface area contributed by atoms with Crippen LogP contribution in [0.2, 0.25) is 0 Å². The average molecular weight is 1080 g/mol. The molecule has 0 fully saturated rings. The quantitative estimate of drug-likeness (QED) is 0.0226. The van der Waals surface area contributed by atoms with Crippen LogP contribution in [0.1, 0.15) is 27.7 Å². The molecule has 29 heteroatoms. The van der Waals surface area contributed by atoms with Crippen molar-refractivity contribution in [3.63, 3.8) is 0 Å². The molecule has 3 heterocycles. The molecule has 0 saturated carbocycles. The fraction of sp³-hybridized carbons (Fsp3) is 0.326. The van der Waals surface area contributed by atoms with E-state index in [1.54, 1.807) is 36.4 Å². The number of anilines is 6. The van der Waals surface area contributed by atoms with Gasteiger partial charge in [-0.15, -0.1) is 20.5 Å². The Morgan fingerprint density at radius 2 is 0.986 bits per heavy atom. The molecule has 7 rings (SSSR count). The molecule has 5 N–H and O–H groups in total. The highest BCUT2D eigenvalue weighted by atomic mass is 32.2. The number of nitrogens with one attached hydrogen (secondary N) is 2. The van der Waals surface area contributed by atoms with Gasteiger partial charge in [0.2, 0.25) is 22.2 Å². The smallest absolute Gasteiger partial charge is 0.299 e. The molecule has 0 aliphatic heterocycles. The monoisotopic (exact) mass is 1080 g/mol. The molecule has 0 aliphatic carbocycles. The number of rotatable bonds is 23. The fourth-order valence-corrected chi connectivity index (χ4v) is 11.9. The number of thioether (sulfide) groups is 1. The van der Waals surface area contributed by atoms with Crippen molar-refractivity contribution in [3.05, 3.63) is 48.5 Å². The van der Waals surface area contributed by atoms with E-state index in [1.165, 1.54) is 52.3 Å². The summed E-state index contributed by atoms with van der Waals surface area (Å²) >= 11 is 2.93. The van der Waals surface area contributed by atoms with Crippen LogP contribution in [0, 0.1) is 0 Å². The second-order valence-electron chi connectivity index (χ2n) is 14.7. The lowest BCUT2D eigenvalue weighted by molar-refractivity contribution is 0.322. The molecule has 3 aromatic heterocycles. The molecular weight excluding hydrogens is 1030 g/mol. The van der Waals surface area contributed by atoms with Crippen LogP contribution in [0.25, 0.3) is 20.4 Å². The largest absolute Gasteiger partial charge is 0.495 e. The molecule has 382 valence electrons. The predicted molar refractivity (Wildman–Crippen MR) is 278 cm³/mol. The van der Waals surface area contributed by atoms with Gasteiger partial charge < -0.3 is 44.5 Å². The molecule has 0 aliphatic rings. The van der Waals surface area contributed by atoms with Gasteiger partial charge in [-0.3, -0.25) is 9.11 Å². The van der Waals surface area contributed by atoms with E-state index in [0.717, 1.165) is 22.7 Å². The maximum Gasteiger partial charge on any atom is 0.299 e. The summed E-state index contributed by atoms with van der Waals surface area (Å²) in [6, 6.07) is 12.8. The first kappa shape index (κ1) is 53.2. The molecule has 0 spiro atoms. The van der Waals surface area contributed by atoms with Crippen LogP contribution in [0.3, 0.4) is 0 Å². The number of methoxy groups -OCH3 is 4. The molecular formula is C43H49N13O11S5. The lowest BCUT2D eigenvalue weighted by atomic mass is 10.2. The zero-order valence-corrected chi connectivity index (χ0v) is 44.0.